The number of fused-ring (bicyclic) bond motifs is 3. The van der Waals surface area contributed by atoms with E-state index >= 15 is 0 Å². The van der Waals surface area contributed by atoms with Gasteiger partial charge in [0.15, 0.2) is 0 Å². The number of H-pyrrole nitrogens is 1. The molecule has 1 saturated heterocycles. The molecule has 1 aliphatic carbocycles. The molecule has 3 heterocycles. The fourth-order valence-corrected chi connectivity index (χ4v) is 7.15. The summed E-state index contributed by atoms with van der Waals surface area (Å²) in [5.74, 6) is 2.16. The Hall–Kier alpha value is -2.16. The Morgan fingerprint density at radius 3 is 2.94 bits per heavy atom. The van der Waals surface area contributed by atoms with Crippen LogP contribution in [0.2, 0.25) is 0 Å². The van der Waals surface area contributed by atoms with E-state index < -0.39 is 0 Å². The molecule has 2 aromatic heterocycles. The fourth-order valence-electron chi connectivity index (χ4n) is 5.07. The van der Waals surface area contributed by atoms with Crippen molar-refractivity contribution >= 4 is 39.2 Å². The lowest BCUT2D eigenvalue weighted by Crippen LogP contribution is -2.47. The van der Waals surface area contributed by atoms with Crippen molar-refractivity contribution in [3.8, 4) is 0 Å². The predicted molar refractivity (Wildman–Crippen MR) is 141 cm³/mol. The third kappa shape index (κ3) is 5.73. The highest BCUT2D eigenvalue weighted by Gasteiger charge is 2.22. The number of aromatic amines is 1. The number of hydrogen-bond acceptors (Lipinski definition) is 6. The van der Waals surface area contributed by atoms with Crippen molar-refractivity contribution in [2.45, 2.75) is 63.3 Å². The number of nitrogens with zero attached hydrogens (tertiary/aromatic N) is 2. The number of aryl methyl sites for hydroxylation is 2. The maximum absolute atomic E-state index is 12.7. The minimum atomic E-state index is -0.00454. The van der Waals surface area contributed by atoms with Gasteiger partial charge in [0.1, 0.15) is 10.7 Å². The fraction of sp³-hybridized carbons (Fsp3) is 0.500. The van der Waals surface area contributed by atoms with E-state index in [1.165, 1.54) is 22.4 Å². The summed E-state index contributed by atoms with van der Waals surface area (Å²) in [5, 5.41) is 4.04. The van der Waals surface area contributed by atoms with Gasteiger partial charge in [-0.3, -0.25) is 14.5 Å². The van der Waals surface area contributed by atoms with Crippen molar-refractivity contribution in [1.82, 2.24) is 20.2 Å². The van der Waals surface area contributed by atoms with Crippen molar-refractivity contribution in [3.05, 3.63) is 62.5 Å². The van der Waals surface area contributed by atoms with Crippen molar-refractivity contribution < 1.29 is 4.79 Å². The largest absolute Gasteiger partial charge is 0.352 e. The molecule has 1 amide bonds. The molecule has 5 rings (SSSR count). The molecule has 2 aliphatic rings. The summed E-state index contributed by atoms with van der Waals surface area (Å²) >= 11 is 3.34. The molecule has 1 atom stereocenters. The van der Waals surface area contributed by atoms with Crippen molar-refractivity contribution in [2.75, 3.05) is 18.8 Å². The Morgan fingerprint density at radius 2 is 2.06 bits per heavy atom. The van der Waals surface area contributed by atoms with Crippen LogP contribution in [0.3, 0.4) is 0 Å². The maximum atomic E-state index is 12.7. The number of nitrogens with one attached hydrogen (secondary N) is 2. The van der Waals surface area contributed by atoms with Crippen LogP contribution in [0.5, 0.6) is 0 Å². The van der Waals surface area contributed by atoms with E-state index in [4.69, 9.17) is 4.98 Å². The van der Waals surface area contributed by atoms with Gasteiger partial charge >= 0.3 is 0 Å². The number of carbonyl (C=O) groups excluding carboxylic acids is 1. The van der Waals surface area contributed by atoms with Crippen molar-refractivity contribution in [2.24, 2.45) is 0 Å². The molecule has 3 aromatic rings. The van der Waals surface area contributed by atoms with Crippen LogP contribution in [0.4, 0.5) is 0 Å². The zero-order valence-electron chi connectivity index (χ0n) is 19.5. The number of amides is 1. The number of carbonyl (C=O) groups is 1. The molecule has 180 valence electrons. The molecule has 34 heavy (non-hydrogen) atoms. The molecule has 0 spiro atoms. The highest BCUT2D eigenvalue weighted by molar-refractivity contribution is 7.98. The van der Waals surface area contributed by atoms with Gasteiger partial charge in [-0.1, -0.05) is 30.3 Å². The summed E-state index contributed by atoms with van der Waals surface area (Å²) in [6.45, 7) is 2.93. The Morgan fingerprint density at radius 1 is 1.21 bits per heavy atom. The number of benzene rings is 1. The van der Waals surface area contributed by atoms with E-state index in [0.29, 0.717) is 18.0 Å². The molecule has 1 aliphatic heterocycles. The Labute approximate surface area is 208 Å². The normalized spacial score (nSPS) is 18.6. The lowest BCUT2D eigenvalue weighted by atomic mass is 9.97. The van der Waals surface area contributed by atoms with Gasteiger partial charge in [-0.05, 0) is 56.2 Å². The Balaban J connectivity index is 1.07. The van der Waals surface area contributed by atoms with Gasteiger partial charge in [0, 0.05) is 36.2 Å². The molecule has 0 bridgehead atoms. The first kappa shape index (κ1) is 23.6. The molecule has 0 unspecified atom stereocenters. The standard InChI is InChI=1S/C26H32N4O2S2/c31-23(27-19-9-6-13-30(16-19)15-18-7-2-1-3-8-18)12-14-33-17-22-28-25(32)24-20-10-4-5-11-21(20)34-26(24)29-22/h1-3,7-8,19H,4-6,9-17H2,(H,27,31)(H,28,29,32)/t19-/m0/s1. The monoisotopic (exact) mass is 496 g/mol. The Bertz CT molecular complexity index is 1190. The minimum Gasteiger partial charge on any atom is -0.352 e. The van der Waals surface area contributed by atoms with Crippen molar-refractivity contribution in [3.63, 3.8) is 0 Å². The molecule has 8 heteroatoms. The van der Waals surface area contributed by atoms with E-state index in [0.717, 1.165) is 67.7 Å². The summed E-state index contributed by atoms with van der Waals surface area (Å²) in [5.41, 5.74) is 2.54. The number of likely N-dealkylation sites (tertiary alicyclic amines) is 1. The highest BCUT2D eigenvalue weighted by atomic mass is 32.2. The number of rotatable bonds is 8. The summed E-state index contributed by atoms with van der Waals surface area (Å²) < 4.78 is 0. The summed E-state index contributed by atoms with van der Waals surface area (Å²) in [6, 6.07) is 10.7. The maximum Gasteiger partial charge on any atom is 0.259 e. The lowest BCUT2D eigenvalue weighted by molar-refractivity contribution is -0.121. The van der Waals surface area contributed by atoms with Gasteiger partial charge in [-0.25, -0.2) is 4.98 Å². The quantitative estimate of drug-likeness (QED) is 0.456. The van der Waals surface area contributed by atoms with Crippen LogP contribution in [-0.4, -0.2) is 45.7 Å². The average Bonchev–Trinajstić information content (AvgIpc) is 3.22. The SMILES string of the molecule is O=C(CCSCc1nc2sc3c(c2c(=O)[nH]1)CCCC3)N[C@H]1CCCN(Cc2ccccc2)C1. The van der Waals surface area contributed by atoms with Crippen molar-refractivity contribution in [1.29, 1.82) is 0 Å². The van der Waals surface area contributed by atoms with Crippen LogP contribution in [0.1, 0.15) is 53.9 Å². The van der Waals surface area contributed by atoms with Gasteiger partial charge in [-0.15, -0.1) is 11.3 Å². The van der Waals surface area contributed by atoms with E-state index in [-0.39, 0.29) is 17.5 Å². The average molecular weight is 497 g/mol. The number of aromatic nitrogens is 2. The first-order chi connectivity index (χ1) is 16.7. The first-order valence-electron chi connectivity index (χ1n) is 12.3. The second kappa shape index (κ2) is 11.1. The van der Waals surface area contributed by atoms with Crippen LogP contribution in [0, 0.1) is 0 Å². The summed E-state index contributed by atoms with van der Waals surface area (Å²) in [4.78, 5) is 37.5. The molecular formula is C26H32N4O2S2. The third-order valence-corrected chi connectivity index (χ3v) is 8.86. The molecule has 1 fully saturated rings. The van der Waals surface area contributed by atoms with Gasteiger partial charge < -0.3 is 10.3 Å². The molecule has 6 nitrogen and oxygen atoms in total. The van der Waals surface area contributed by atoms with E-state index in [2.05, 4.69) is 39.5 Å². The number of piperidine rings is 1. The van der Waals surface area contributed by atoms with Gasteiger partial charge in [-0.2, -0.15) is 11.8 Å². The second-order valence-electron chi connectivity index (χ2n) is 9.33. The third-order valence-electron chi connectivity index (χ3n) is 6.71. The predicted octanol–water partition coefficient (Wildman–Crippen LogP) is 4.27. The van der Waals surface area contributed by atoms with Crippen LogP contribution in [0.15, 0.2) is 35.1 Å². The van der Waals surface area contributed by atoms with Gasteiger partial charge in [0.2, 0.25) is 5.91 Å². The topological polar surface area (TPSA) is 78.1 Å². The lowest BCUT2D eigenvalue weighted by Gasteiger charge is -2.33. The van der Waals surface area contributed by atoms with Gasteiger partial charge in [0.25, 0.3) is 5.56 Å². The number of thiophene rings is 1. The zero-order valence-corrected chi connectivity index (χ0v) is 21.1. The molecule has 2 N–H and O–H groups in total. The van der Waals surface area contributed by atoms with Crippen LogP contribution < -0.4 is 10.9 Å². The van der Waals surface area contributed by atoms with Crippen LogP contribution >= 0.6 is 23.1 Å². The molecular weight excluding hydrogens is 464 g/mol. The van der Waals surface area contributed by atoms with E-state index in [1.54, 1.807) is 23.1 Å². The minimum absolute atomic E-state index is 0.00454. The van der Waals surface area contributed by atoms with E-state index in [9.17, 15) is 9.59 Å². The van der Waals surface area contributed by atoms with E-state index in [1.807, 2.05) is 6.07 Å². The molecule has 0 saturated carbocycles. The number of thioether (sulfide) groups is 1. The molecule has 1 aromatic carbocycles. The highest BCUT2D eigenvalue weighted by Crippen LogP contribution is 2.33. The summed E-state index contributed by atoms with van der Waals surface area (Å²) in [7, 11) is 0. The smallest absolute Gasteiger partial charge is 0.259 e. The zero-order chi connectivity index (χ0) is 23.3. The number of hydrogen-bond donors (Lipinski definition) is 2. The molecule has 0 radical (unpaired) electrons. The Kier molecular flexibility index (Phi) is 7.67. The summed E-state index contributed by atoms with van der Waals surface area (Å²) in [6.07, 6.45) is 7.06. The first-order valence-corrected chi connectivity index (χ1v) is 14.3. The van der Waals surface area contributed by atoms with Gasteiger partial charge in [0.05, 0.1) is 11.1 Å². The van der Waals surface area contributed by atoms with Crippen LogP contribution in [-0.2, 0) is 29.9 Å². The van der Waals surface area contributed by atoms with Crippen LogP contribution in [0.25, 0.3) is 10.2 Å². The second-order valence-corrected chi connectivity index (χ2v) is 11.5.